The molecule has 1 amide bonds. The number of aromatic nitrogens is 2. The van der Waals surface area contributed by atoms with Crippen molar-refractivity contribution in [3.8, 4) is 17.1 Å². The van der Waals surface area contributed by atoms with E-state index in [9.17, 15) is 4.79 Å². The number of ether oxygens (including phenoxy) is 1. The summed E-state index contributed by atoms with van der Waals surface area (Å²) in [5, 5.41) is 7.05. The highest BCUT2D eigenvalue weighted by atomic mass is 16.5. The van der Waals surface area contributed by atoms with Gasteiger partial charge in [-0.25, -0.2) is 0 Å². The van der Waals surface area contributed by atoms with E-state index >= 15 is 0 Å². The number of likely N-dealkylation sites (tertiary alicyclic amines) is 1. The van der Waals surface area contributed by atoms with Crippen molar-refractivity contribution in [2.75, 3.05) is 20.2 Å². The maximum Gasteiger partial charge on any atom is 0.226 e. The van der Waals surface area contributed by atoms with Crippen LogP contribution in [0.5, 0.6) is 5.75 Å². The van der Waals surface area contributed by atoms with Crippen LogP contribution in [-0.2, 0) is 24.3 Å². The fourth-order valence-corrected chi connectivity index (χ4v) is 4.84. The van der Waals surface area contributed by atoms with Gasteiger partial charge in [-0.2, -0.15) is 4.98 Å². The summed E-state index contributed by atoms with van der Waals surface area (Å²) in [6, 6.07) is 16.1. The molecule has 0 spiro atoms. The number of nitrogens with one attached hydrogen (secondary N) is 1. The Labute approximate surface area is 207 Å². The van der Waals surface area contributed by atoms with Gasteiger partial charge in [-0.05, 0) is 60.1 Å². The first-order valence-corrected chi connectivity index (χ1v) is 12.5. The predicted octanol–water partition coefficient (Wildman–Crippen LogP) is 4.86. The molecule has 2 aromatic carbocycles. The summed E-state index contributed by atoms with van der Waals surface area (Å²) < 4.78 is 10.5. The molecule has 1 fully saturated rings. The minimum atomic E-state index is 0.0280. The molecule has 186 valence electrons. The van der Waals surface area contributed by atoms with Gasteiger partial charge in [0.2, 0.25) is 17.6 Å². The summed E-state index contributed by atoms with van der Waals surface area (Å²) in [4.78, 5) is 19.3. The van der Waals surface area contributed by atoms with Crippen molar-refractivity contribution < 1.29 is 14.1 Å². The van der Waals surface area contributed by atoms with Crippen LogP contribution in [-0.4, -0.2) is 41.1 Å². The number of carbonyl (C=O) groups excluding carboxylic acids is 1. The number of benzene rings is 2. The number of hydrogen-bond acceptors (Lipinski definition) is 6. The average Bonchev–Trinajstić information content (AvgIpc) is 3.32. The van der Waals surface area contributed by atoms with Crippen LogP contribution in [0.15, 0.2) is 53.1 Å². The molecule has 0 radical (unpaired) electrons. The molecule has 0 aliphatic carbocycles. The molecule has 1 N–H and O–H groups in total. The fraction of sp³-hybridized carbons (Fsp3) is 0.464. The van der Waals surface area contributed by atoms with Gasteiger partial charge >= 0.3 is 0 Å². The van der Waals surface area contributed by atoms with Gasteiger partial charge in [-0.3, -0.25) is 9.69 Å². The van der Waals surface area contributed by atoms with Crippen molar-refractivity contribution in [2.24, 2.45) is 11.8 Å². The average molecular weight is 477 g/mol. The molecule has 0 saturated carbocycles. The SMILES string of the molecule is COc1ccc(-c2noc(CCCC(=O)NCc3ccc(CN4CC(C)CC(C)C4)cc3)n2)cc1. The van der Waals surface area contributed by atoms with E-state index in [0.717, 1.165) is 35.3 Å². The lowest BCUT2D eigenvalue weighted by Crippen LogP contribution is -2.38. The standard InChI is InChI=1S/C28H36N4O3/c1-20-15-21(2)18-32(17-20)19-23-9-7-22(8-10-23)16-29-26(33)5-4-6-27-30-28(31-35-27)24-11-13-25(34-3)14-12-24/h7-14,20-21H,4-6,15-19H2,1-3H3,(H,29,33). The van der Waals surface area contributed by atoms with Gasteiger partial charge in [0.05, 0.1) is 7.11 Å². The highest BCUT2D eigenvalue weighted by Gasteiger charge is 2.21. The molecule has 1 aliphatic rings. The molecule has 1 saturated heterocycles. The first kappa shape index (κ1) is 24.9. The minimum absolute atomic E-state index is 0.0280. The highest BCUT2D eigenvalue weighted by Crippen LogP contribution is 2.23. The summed E-state index contributed by atoms with van der Waals surface area (Å²) in [5.41, 5.74) is 3.31. The van der Waals surface area contributed by atoms with Gasteiger partial charge < -0.3 is 14.6 Å². The Hall–Kier alpha value is -3.19. The first-order valence-electron chi connectivity index (χ1n) is 12.5. The molecule has 0 bridgehead atoms. The summed E-state index contributed by atoms with van der Waals surface area (Å²) >= 11 is 0. The Balaban J connectivity index is 1.16. The van der Waals surface area contributed by atoms with Crippen LogP contribution in [0, 0.1) is 11.8 Å². The van der Waals surface area contributed by atoms with Crippen molar-refractivity contribution in [3.05, 3.63) is 65.5 Å². The van der Waals surface area contributed by atoms with Crippen LogP contribution >= 0.6 is 0 Å². The number of aryl methyl sites for hydroxylation is 1. The van der Waals surface area contributed by atoms with Gasteiger partial charge in [-0.1, -0.05) is 43.3 Å². The quantitative estimate of drug-likeness (QED) is 0.450. The molecule has 35 heavy (non-hydrogen) atoms. The molecule has 1 aliphatic heterocycles. The first-order chi connectivity index (χ1) is 17.0. The Bertz CT molecular complexity index is 1070. The van der Waals surface area contributed by atoms with Gasteiger partial charge in [0.15, 0.2) is 0 Å². The molecular weight excluding hydrogens is 440 g/mol. The van der Waals surface area contributed by atoms with Gasteiger partial charge in [0.25, 0.3) is 0 Å². The monoisotopic (exact) mass is 476 g/mol. The van der Waals surface area contributed by atoms with E-state index in [4.69, 9.17) is 9.26 Å². The zero-order valence-electron chi connectivity index (χ0n) is 21.0. The lowest BCUT2D eigenvalue weighted by atomic mass is 9.91. The minimum Gasteiger partial charge on any atom is -0.497 e. The molecule has 2 unspecified atom stereocenters. The molecule has 1 aromatic heterocycles. The van der Waals surface area contributed by atoms with Crippen LogP contribution in [0.25, 0.3) is 11.4 Å². The van der Waals surface area contributed by atoms with E-state index in [1.807, 2.05) is 24.3 Å². The summed E-state index contributed by atoms with van der Waals surface area (Å²) in [5.74, 6) is 3.42. The number of nitrogens with zero attached hydrogens (tertiary/aromatic N) is 3. The van der Waals surface area contributed by atoms with Crippen molar-refractivity contribution in [2.45, 2.75) is 52.6 Å². The maximum absolute atomic E-state index is 12.3. The van der Waals surface area contributed by atoms with Crippen LogP contribution < -0.4 is 10.1 Å². The normalized spacial score (nSPS) is 18.4. The van der Waals surface area contributed by atoms with Crippen molar-refractivity contribution in [1.82, 2.24) is 20.4 Å². The molecule has 4 rings (SSSR count). The van der Waals surface area contributed by atoms with Gasteiger partial charge in [0, 0.05) is 44.6 Å². The Morgan fingerprint density at radius 1 is 1.06 bits per heavy atom. The number of hydrogen-bond donors (Lipinski definition) is 1. The second-order valence-electron chi connectivity index (χ2n) is 9.83. The summed E-state index contributed by atoms with van der Waals surface area (Å²) in [6.07, 6.45) is 2.97. The van der Waals surface area contributed by atoms with Crippen LogP contribution in [0.1, 0.15) is 50.1 Å². The predicted molar refractivity (Wildman–Crippen MR) is 136 cm³/mol. The maximum atomic E-state index is 12.3. The molecule has 2 atom stereocenters. The Morgan fingerprint density at radius 3 is 2.43 bits per heavy atom. The molecule has 7 heteroatoms. The van der Waals surface area contributed by atoms with Crippen LogP contribution in [0.2, 0.25) is 0 Å². The zero-order chi connectivity index (χ0) is 24.6. The third-order valence-corrected chi connectivity index (χ3v) is 6.47. The van der Waals surface area contributed by atoms with Gasteiger partial charge in [0.1, 0.15) is 5.75 Å². The molecular formula is C28H36N4O3. The summed E-state index contributed by atoms with van der Waals surface area (Å²) in [7, 11) is 1.63. The Morgan fingerprint density at radius 2 is 1.74 bits per heavy atom. The van der Waals surface area contributed by atoms with E-state index < -0.39 is 0 Å². The van der Waals surface area contributed by atoms with Crippen molar-refractivity contribution >= 4 is 5.91 Å². The largest absolute Gasteiger partial charge is 0.497 e. The van der Waals surface area contributed by atoms with Gasteiger partial charge in [-0.15, -0.1) is 0 Å². The zero-order valence-corrected chi connectivity index (χ0v) is 21.0. The Kier molecular flexibility index (Phi) is 8.53. The molecule has 7 nitrogen and oxygen atoms in total. The van der Waals surface area contributed by atoms with E-state index in [1.165, 1.54) is 25.1 Å². The van der Waals surface area contributed by atoms with Crippen LogP contribution in [0.4, 0.5) is 0 Å². The topological polar surface area (TPSA) is 80.5 Å². The third-order valence-electron chi connectivity index (χ3n) is 6.47. The number of methoxy groups -OCH3 is 1. The number of amides is 1. The lowest BCUT2D eigenvalue weighted by Gasteiger charge is -2.35. The number of rotatable bonds is 10. The second-order valence-corrected chi connectivity index (χ2v) is 9.83. The molecule has 3 aromatic rings. The van der Waals surface area contributed by atoms with Crippen molar-refractivity contribution in [1.29, 1.82) is 0 Å². The van der Waals surface area contributed by atoms with E-state index in [1.54, 1.807) is 7.11 Å². The summed E-state index contributed by atoms with van der Waals surface area (Å²) in [6.45, 7) is 8.58. The smallest absolute Gasteiger partial charge is 0.226 e. The number of carbonyl (C=O) groups is 1. The highest BCUT2D eigenvalue weighted by molar-refractivity contribution is 5.75. The van der Waals surface area contributed by atoms with Crippen LogP contribution in [0.3, 0.4) is 0 Å². The fourth-order valence-electron chi connectivity index (χ4n) is 4.84. The van der Waals surface area contributed by atoms with E-state index in [2.05, 4.69) is 58.5 Å². The van der Waals surface area contributed by atoms with E-state index in [0.29, 0.717) is 37.5 Å². The molecule has 2 heterocycles. The lowest BCUT2D eigenvalue weighted by molar-refractivity contribution is -0.121. The third kappa shape index (κ3) is 7.39. The number of piperidine rings is 1. The van der Waals surface area contributed by atoms with E-state index in [-0.39, 0.29) is 5.91 Å². The second kappa shape index (κ2) is 12.0. The van der Waals surface area contributed by atoms with Crippen molar-refractivity contribution in [3.63, 3.8) is 0 Å².